The van der Waals surface area contributed by atoms with Gasteiger partial charge in [-0.3, -0.25) is 0 Å². The van der Waals surface area contributed by atoms with Crippen LogP contribution in [0, 0.1) is 17.2 Å². The van der Waals surface area contributed by atoms with E-state index in [2.05, 4.69) is 6.07 Å². The summed E-state index contributed by atoms with van der Waals surface area (Å²) in [5.74, 6) is -0.0395. The molecule has 0 bridgehead atoms. The average molecular weight is 331 g/mol. The Morgan fingerprint density at radius 3 is 2.75 bits per heavy atom. The van der Waals surface area contributed by atoms with Gasteiger partial charge in [-0.1, -0.05) is 30.3 Å². The van der Waals surface area contributed by atoms with Crippen molar-refractivity contribution >= 4 is 0 Å². The van der Waals surface area contributed by atoms with Gasteiger partial charge in [0.25, 0.3) is 0 Å². The first-order valence-electron chi connectivity index (χ1n) is 8.44. The van der Waals surface area contributed by atoms with E-state index in [4.69, 9.17) is 23.7 Å². The average Bonchev–Trinajstić information content (AvgIpc) is 3.06. The van der Waals surface area contributed by atoms with Crippen molar-refractivity contribution in [3.63, 3.8) is 0 Å². The lowest BCUT2D eigenvalue weighted by Gasteiger charge is -2.45. The number of hydrogen-bond donors (Lipinski definition) is 0. The fourth-order valence-electron chi connectivity index (χ4n) is 3.75. The summed E-state index contributed by atoms with van der Waals surface area (Å²) in [6, 6.07) is 12.1. The molecule has 24 heavy (non-hydrogen) atoms. The smallest absolute Gasteiger partial charge is 0.184 e. The molecule has 6 heteroatoms. The van der Waals surface area contributed by atoms with Crippen molar-refractivity contribution in [3.8, 4) is 6.07 Å². The van der Waals surface area contributed by atoms with Crippen LogP contribution < -0.4 is 0 Å². The maximum Gasteiger partial charge on any atom is 0.184 e. The normalized spacial score (nSPS) is 41.2. The Labute approximate surface area is 141 Å². The standard InChI is InChI=1S/C18H21NO5/c1-2-20-15-8-12-13(9-19)22-14-10-21-18(11-6-4-3-5-7-11)24-17(14)16(12)23-15/h3-7,12-18H,2,8,10H2,1H3/t12-,13+,14+,15-,16-,17+,18+/m0/s1. The number of ether oxygens (including phenoxy) is 5. The molecule has 1 aromatic rings. The molecule has 3 aliphatic heterocycles. The van der Waals surface area contributed by atoms with Crippen LogP contribution in [0.25, 0.3) is 0 Å². The van der Waals surface area contributed by atoms with Crippen LogP contribution in [0.3, 0.4) is 0 Å². The molecule has 3 heterocycles. The topological polar surface area (TPSA) is 69.9 Å². The SMILES string of the molecule is CCO[C@@H]1C[C@@H]2[C@H](O1)[C@@H]1O[C@H](c3ccccc3)OC[C@H]1O[C@@H]2C#N. The van der Waals surface area contributed by atoms with Gasteiger partial charge >= 0.3 is 0 Å². The summed E-state index contributed by atoms with van der Waals surface area (Å²) < 4.78 is 29.6. The summed E-state index contributed by atoms with van der Waals surface area (Å²) >= 11 is 0. The summed E-state index contributed by atoms with van der Waals surface area (Å²) in [6.07, 6.45) is -1.36. The van der Waals surface area contributed by atoms with E-state index in [1.807, 2.05) is 37.3 Å². The highest BCUT2D eigenvalue weighted by Crippen LogP contribution is 2.43. The number of nitrogens with zero attached hydrogens (tertiary/aromatic N) is 1. The van der Waals surface area contributed by atoms with Crippen LogP contribution in [0.4, 0.5) is 0 Å². The Bertz CT molecular complexity index is 603. The molecule has 3 saturated heterocycles. The molecule has 0 aliphatic carbocycles. The van der Waals surface area contributed by atoms with Crippen LogP contribution >= 0.6 is 0 Å². The lowest BCUT2D eigenvalue weighted by Crippen LogP contribution is -2.57. The first kappa shape index (κ1) is 16.0. The predicted octanol–water partition coefficient (Wildman–Crippen LogP) is 2.16. The van der Waals surface area contributed by atoms with Gasteiger partial charge in [0, 0.05) is 24.5 Å². The number of benzene rings is 1. The molecule has 3 fully saturated rings. The van der Waals surface area contributed by atoms with E-state index in [-0.39, 0.29) is 30.5 Å². The van der Waals surface area contributed by atoms with Gasteiger partial charge in [0.15, 0.2) is 12.6 Å². The second kappa shape index (κ2) is 6.79. The van der Waals surface area contributed by atoms with Crippen LogP contribution in [0.15, 0.2) is 30.3 Å². The van der Waals surface area contributed by atoms with Crippen LogP contribution in [0.2, 0.25) is 0 Å². The Morgan fingerprint density at radius 2 is 2.00 bits per heavy atom. The Kier molecular flexibility index (Phi) is 4.53. The quantitative estimate of drug-likeness (QED) is 0.845. The van der Waals surface area contributed by atoms with Gasteiger partial charge in [-0.05, 0) is 6.92 Å². The minimum atomic E-state index is -0.512. The second-order valence-electron chi connectivity index (χ2n) is 6.29. The summed E-state index contributed by atoms with van der Waals surface area (Å²) in [4.78, 5) is 0. The fourth-order valence-corrected chi connectivity index (χ4v) is 3.75. The molecule has 0 saturated carbocycles. The predicted molar refractivity (Wildman–Crippen MR) is 82.7 cm³/mol. The van der Waals surface area contributed by atoms with E-state index in [1.165, 1.54) is 0 Å². The largest absolute Gasteiger partial charge is 0.354 e. The van der Waals surface area contributed by atoms with Crippen LogP contribution in [-0.4, -0.2) is 43.9 Å². The van der Waals surface area contributed by atoms with Crippen molar-refractivity contribution < 1.29 is 23.7 Å². The molecule has 4 rings (SSSR count). The van der Waals surface area contributed by atoms with Gasteiger partial charge < -0.3 is 23.7 Å². The number of hydrogen-bond acceptors (Lipinski definition) is 6. The molecule has 0 radical (unpaired) electrons. The van der Waals surface area contributed by atoms with E-state index in [9.17, 15) is 5.26 Å². The monoisotopic (exact) mass is 331 g/mol. The number of nitriles is 1. The van der Waals surface area contributed by atoms with Crippen molar-refractivity contribution in [2.75, 3.05) is 13.2 Å². The molecule has 0 unspecified atom stereocenters. The minimum absolute atomic E-state index is 0.0395. The molecule has 0 N–H and O–H groups in total. The van der Waals surface area contributed by atoms with E-state index in [1.54, 1.807) is 0 Å². The van der Waals surface area contributed by atoms with Gasteiger partial charge in [-0.15, -0.1) is 0 Å². The zero-order chi connectivity index (χ0) is 16.5. The summed E-state index contributed by atoms with van der Waals surface area (Å²) in [5.41, 5.74) is 0.967. The van der Waals surface area contributed by atoms with E-state index < -0.39 is 12.4 Å². The molecule has 0 aromatic heterocycles. The lowest BCUT2D eigenvalue weighted by molar-refractivity contribution is -0.317. The Hall–Kier alpha value is -1.49. The van der Waals surface area contributed by atoms with E-state index in [0.29, 0.717) is 19.6 Å². The highest BCUT2D eigenvalue weighted by molar-refractivity contribution is 5.17. The van der Waals surface area contributed by atoms with Crippen molar-refractivity contribution in [2.45, 2.75) is 50.3 Å². The maximum absolute atomic E-state index is 9.42. The molecule has 3 aliphatic rings. The third-order valence-corrected chi connectivity index (χ3v) is 4.84. The van der Waals surface area contributed by atoms with Gasteiger partial charge in [-0.25, -0.2) is 0 Å². The van der Waals surface area contributed by atoms with Crippen molar-refractivity contribution in [1.82, 2.24) is 0 Å². The third-order valence-electron chi connectivity index (χ3n) is 4.84. The molecular weight excluding hydrogens is 310 g/mol. The summed E-state index contributed by atoms with van der Waals surface area (Å²) in [5, 5.41) is 9.42. The van der Waals surface area contributed by atoms with E-state index >= 15 is 0 Å². The molecule has 1 aromatic carbocycles. The summed E-state index contributed by atoms with van der Waals surface area (Å²) in [7, 11) is 0. The molecule has 128 valence electrons. The van der Waals surface area contributed by atoms with E-state index in [0.717, 1.165) is 5.56 Å². The second-order valence-corrected chi connectivity index (χ2v) is 6.29. The number of rotatable bonds is 3. The van der Waals surface area contributed by atoms with Crippen LogP contribution in [-0.2, 0) is 23.7 Å². The Balaban J connectivity index is 1.54. The zero-order valence-corrected chi connectivity index (χ0v) is 13.5. The first-order chi connectivity index (χ1) is 11.8. The lowest BCUT2D eigenvalue weighted by atomic mass is 9.86. The maximum atomic E-state index is 9.42. The molecule has 0 spiro atoms. The van der Waals surface area contributed by atoms with Gasteiger partial charge in [-0.2, -0.15) is 5.26 Å². The fraction of sp³-hybridized carbons (Fsp3) is 0.611. The Morgan fingerprint density at radius 1 is 1.17 bits per heavy atom. The van der Waals surface area contributed by atoms with Gasteiger partial charge in [0.1, 0.15) is 18.3 Å². The minimum Gasteiger partial charge on any atom is -0.354 e. The third kappa shape index (κ3) is 2.83. The molecule has 0 amide bonds. The van der Waals surface area contributed by atoms with Crippen molar-refractivity contribution in [2.24, 2.45) is 5.92 Å². The van der Waals surface area contributed by atoms with Gasteiger partial charge in [0.05, 0.1) is 18.8 Å². The first-order valence-corrected chi connectivity index (χ1v) is 8.44. The molecule has 7 atom stereocenters. The number of fused-ring (bicyclic) bond motifs is 3. The van der Waals surface area contributed by atoms with Gasteiger partial charge in [0.2, 0.25) is 0 Å². The zero-order valence-electron chi connectivity index (χ0n) is 13.5. The van der Waals surface area contributed by atoms with Crippen LogP contribution in [0.5, 0.6) is 0 Å². The van der Waals surface area contributed by atoms with Crippen molar-refractivity contribution in [1.29, 1.82) is 5.26 Å². The molecule has 6 nitrogen and oxygen atoms in total. The molecular formula is C18H21NO5. The highest BCUT2D eigenvalue weighted by Gasteiger charge is 2.55. The van der Waals surface area contributed by atoms with Crippen molar-refractivity contribution in [3.05, 3.63) is 35.9 Å². The summed E-state index contributed by atoms with van der Waals surface area (Å²) in [6.45, 7) is 2.89. The van der Waals surface area contributed by atoms with Crippen LogP contribution in [0.1, 0.15) is 25.2 Å². The highest BCUT2D eigenvalue weighted by atomic mass is 16.7.